The Kier molecular flexibility index (Phi) is 5.31. The van der Waals surface area contributed by atoms with Crippen LogP contribution in [0.25, 0.3) is 49.5 Å². The third kappa shape index (κ3) is 3.64. The van der Waals surface area contributed by atoms with Gasteiger partial charge in [0.1, 0.15) is 5.69 Å². The number of nitrogens with zero attached hydrogens (tertiary/aromatic N) is 3. The van der Waals surface area contributed by atoms with Crippen LogP contribution in [0.3, 0.4) is 0 Å². The van der Waals surface area contributed by atoms with Gasteiger partial charge < -0.3 is 0 Å². The Balaban J connectivity index is 1.68. The molecular formula is C32H30N3S+. The predicted octanol–water partition coefficient (Wildman–Crippen LogP) is 8.00. The molecule has 6 rings (SSSR count). The fraction of sp³-hybridized carbons (Fsp3) is 0.188. The number of hydrogen-bond donors (Lipinski definition) is 0. The van der Waals surface area contributed by atoms with E-state index in [2.05, 4.69) is 135 Å². The number of aryl methyl sites for hydroxylation is 2. The first kappa shape index (κ1) is 22.7. The van der Waals surface area contributed by atoms with E-state index >= 15 is 0 Å². The summed E-state index contributed by atoms with van der Waals surface area (Å²) in [6.07, 6.45) is 0. The van der Waals surface area contributed by atoms with Gasteiger partial charge in [-0.25, -0.2) is 9.55 Å². The number of para-hydroxylation sites is 3. The molecule has 0 bridgehead atoms. The lowest BCUT2D eigenvalue weighted by molar-refractivity contribution is -0.633. The van der Waals surface area contributed by atoms with Crippen molar-refractivity contribution in [1.82, 2.24) is 9.55 Å². The molecular weight excluding hydrogens is 458 g/mol. The molecule has 0 unspecified atom stereocenters. The van der Waals surface area contributed by atoms with Crippen molar-refractivity contribution in [3.8, 4) is 28.2 Å². The first-order chi connectivity index (χ1) is 17.3. The van der Waals surface area contributed by atoms with Crippen LogP contribution in [0, 0.1) is 6.92 Å². The average Bonchev–Trinajstić information content (AvgIpc) is 3.43. The van der Waals surface area contributed by atoms with E-state index in [0.29, 0.717) is 0 Å². The van der Waals surface area contributed by atoms with Crippen LogP contribution < -0.4 is 4.57 Å². The van der Waals surface area contributed by atoms with Gasteiger partial charge in [-0.15, -0.1) is 11.3 Å². The molecule has 0 fully saturated rings. The Labute approximate surface area is 216 Å². The largest absolute Gasteiger partial charge is 0.295 e. The maximum Gasteiger partial charge on any atom is 0.295 e. The van der Waals surface area contributed by atoms with Crippen LogP contribution in [-0.2, 0) is 12.5 Å². The first-order valence-electron chi connectivity index (χ1n) is 12.4. The van der Waals surface area contributed by atoms with Gasteiger partial charge in [0.05, 0.1) is 27.8 Å². The summed E-state index contributed by atoms with van der Waals surface area (Å²) in [6.45, 7) is 8.92. The van der Waals surface area contributed by atoms with Crippen molar-refractivity contribution in [2.75, 3.05) is 0 Å². The number of aromatic nitrogens is 3. The Bertz CT molecular complexity index is 1730. The minimum Gasteiger partial charge on any atom is -0.241 e. The lowest BCUT2D eigenvalue weighted by atomic mass is 9.98. The smallest absolute Gasteiger partial charge is 0.241 e. The second kappa shape index (κ2) is 8.42. The minimum atomic E-state index is 0.0337. The van der Waals surface area contributed by atoms with Crippen molar-refractivity contribution in [3.63, 3.8) is 0 Å². The summed E-state index contributed by atoms with van der Waals surface area (Å²) in [4.78, 5) is 5.06. The topological polar surface area (TPSA) is 21.7 Å². The van der Waals surface area contributed by atoms with Crippen molar-refractivity contribution in [2.45, 2.75) is 33.1 Å². The molecule has 0 N–H and O–H groups in total. The molecule has 2 aromatic heterocycles. The number of fused-ring (bicyclic) bond motifs is 2. The third-order valence-corrected chi connectivity index (χ3v) is 8.30. The van der Waals surface area contributed by atoms with E-state index < -0.39 is 0 Å². The molecule has 36 heavy (non-hydrogen) atoms. The normalized spacial score (nSPS) is 12.0. The van der Waals surface area contributed by atoms with E-state index in [1.165, 1.54) is 48.7 Å². The second-order valence-corrected chi connectivity index (χ2v) is 11.5. The zero-order chi connectivity index (χ0) is 25.0. The summed E-state index contributed by atoms with van der Waals surface area (Å²) in [5.74, 6) is 1.16. The predicted molar refractivity (Wildman–Crippen MR) is 152 cm³/mol. The van der Waals surface area contributed by atoms with E-state index in [0.717, 1.165) is 11.3 Å². The zero-order valence-corrected chi connectivity index (χ0v) is 22.2. The maximum atomic E-state index is 5.06. The van der Waals surface area contributed by atoms with Crippen molar-refractivity contribution in [1.29, 1.82) is 0 Å². The zero-order valence-electron chi connectivity index (χ0n) is 21.4. The summed E-state index contributed by atoms with van der Waals surface area (Å²) in [5, 5.41) is 1.17. The summed E-state index contributed by atoms with van der Waals surface area (Å²) in [7, 11) is 2.17. The van der Waals surface area contributed by atoms with E-state index in [-0.39, 0.29) is 5.41 Å². The highest BCUT2D eigenvalue weighted by Crippen LogP contribution is 2.38. The molecule has 0 aliphatic carbocycles. The van der Waals surface area contributed by atoms with Gasteiger partial charge in [0.25, 0.3) is 5.82 Å². The van der Waals surface area contributed by atoms with Gasteiger partial charge in [-0.05, 0) is 48.4 Å². The number of rotatable bonds is 3. The molecule has 2 heterocycles. The Morgan fingerprint density at radius 3 is 2.28 bits per heavy atom. The van der Waals surface area contributed by atoms with Crippen molar-refractivity contribution >= 4 is 32.6 Å². The molecule has 0 aliphatic heterocycles. The van der Waals surface area contributed by atoms with E-state index in [1.807, 2.05) is 11.3 Å². The van der Waals surface area contributed by atoms with E-state index in [1.54, 1.807) is 0 Å². The van der Waals surface area contributed by atoms with Crippen molar-refractivity contribution in [3.05, 3.63) is 102 Å². The van der Waals surface area contributed by atoms with Crippen LogP contribution >= 0.6 is 11.3 Å². The highest BCUT2D eigenvalue weighted by molar-refractivity contribution is 7.18. The highest BCUT2D eigenvalue weighted by atomic mass is 32.1. The quantitative estimate of drug-likeness (QED) is 0.231. The van der Waals surface area contributed by atoms with Crippen LogP contribution in [0.1, 0.15) is 31.3 Å². The van der Waals surface area contributed by atoms with Crippen molar-refractivity contribution < 1.29 is 4.57 Å². The Hall–Kier alpha value is -3.76. The maximum absolute atomic E-state index is 5.06. The highest BCUT2D eigenvalue weighted by Gasteiger charge is 2.29. The summed E-state index contributed by atoms with van der Waals surface area (Å²) in [6, 6.07) is 32.6. The third-order valence-electron chi connectivity index (χ3n) is 6.86. The molecule has 3 nitrogen and oxygen atoms in total. The number of hydrogen-bond acceptors (Lipinski definition) is 2. The Morgan fingerprint density at radius 2 is 1.50 bits per heavy atom. The molecule has 6 aromatic rings. The average molecular weight is 489 g/mol. The summed E-state index contributed by atoms with van der Waals surface area (Å²) >= 11 is 1.81. The van der Waals surface area contributed by atoms with Crippen LogP contribution in [0.2, 0.25) is 0 Å². The minimum absolute atomic E-state index is 0.0337. The lowest BCUT2D eigenvalue weighted by Gasteiger charge is -2.13. The first-order valence-corrected chi connectivity index (χ1v) is 13.2. The van der Waals surface area contributed by atoms with Crippen LogP contribution in [-0.4, -0.2) is 9.55 Å². The van der Waals surface area contributed by atoms with E-state index in [4.69, 9.17) is 4.98 Å². The van der Waals surface area contributed by atoms with Crippen LogP contribution in [0.4, 0.5) is 0 Å². The van der Waals surface area contributed by atoms with Gasteiger partial charge in [0.15, 0.2) is 11.0 Å². The summed E-state index contributed by atoms with van der Waals surface area (Å²) in [5.41, 5.74) is 9.53. The lowest BCUT2D eigenvalue weighted by Crippen LogP contribution is -2.30. The van der Waals surface area contributed by atoms with Crippen LogP contribution in [0.15, 0.2) is 91.0 Å². The Morgan fingerprint density at radius 1 is 0.806 bits per heavy atom. The molecule has 0 saturated heterocycles. The van der Waals surface area contributed by atoms with Crippen molar-refractivity contribution in [2.24, 2.45) is 7.05 Å². The fourth-order valence-corrected chi connectivity index (χ4v) is 6.13. The molecule has 4 heteroatoms. The molecule has 0 atom stereocenters. The van der Waals surface area contributed by atoms with E-state index in [9.17, 15) is 0 Å². The van der Waals surface area contributed by atoms with Gasteiger partial charge in [-0.2, -0.15) is 4.57 Å². The monoisotopic (exact) mass is 488 g/mol. The molecule has 178 valence electrons. The second-order valence-electron chi connectivity index (χ2n) is 10.5. The SMILES string of the molecule is Cc1cc2sc(C(C)(C)C)nc2cc1-c1n(-c2ccccc2-c2ccccc2)c2ccccc2[n+]1C. The number of imidazole rings is 1. The number of thiazole rings is 1. The van der Waals surface area contributed by atoms with Gasteiger partial charge in [-0.1, -0.05) is 81.4 Å². The fourth-order valence-electron chi connectivity index (χ4n) is 5.03. The summed E-state index contributed by atoms with van der Waals surface area (Å²) < 4.78 is 5.99. The van der Waals surface area contributed by atoms with Gasteiger partial charge in [0.2, 0.25) is 0 Å². The molecule has 4 aromatic carbocycles. The molecule has 0 saturated carbocycles. The standard InChI is InChI=1S/C32H30N3S/c1-21-19-29-25(33-31(36-29)32(2,3)4)20-24(21)30-34(5)27-17-11-12-18-28(27)35(30)26-16-10-9-15-23(26)22-13-7-6-8-14-22/h6-20H,1-5H3/q+1. The molecule has 0 aliphatic rings. The molecule has 0 amide bonds. The van der Waals surface area contributed by atoms with Crippen LogP contribution in [0.5, 0.6) is 0 Å². The molecule has 0 radical (unpaired) electrons. The number of benzene rings is 4. The molecule has 0 spiro atoms. The van der Waals surface area contributed by atoms with Gasteiger partial charge in [-0.3, -0.25) is 0 Å². The van der Waals surface area contributed by atoms with Gasteiger partial charge >= 0.3 is 0 Å². The van der Waals surface area contributed by atoms with Gasteiger partial charge in [0, 0.05) is 11.0 Å².